The number of carbonyl (C=O) groups excluding carboxylic acids is 1. The van der Waals surface area contributed by atoms with Gasteiger partial charge in [-0.2, -0.15) is 5.10 Å². The van der Waals surface area contributed by atoms with Crippen LogP contribution < -0.4 is 10.2 Å². The molecular formula is C25H21ClN4O2S3. The third kappa shape index (κ3) is 8.40. The van der Waals surface area contributed by atoms with Crippen molar-refractivity contribution in [2.24, 2.45) is 5.10 Å². The molecule has 4 aromatic rings. The molecule has 4 rings (SSSR count). The molecule has 0 radical (unpaired) electrons. The molecule has 0 aliphatic heterocycles. The number of ether oxygens (including phenoxy) is 1. The van der Waals surface area contributed by atoms with Gasteiger partial charge in [-0.15, -0.1) is 10.2 Å². The predicted molar refractivity (Wildman–Crippen MR) is 145 cm³/mol. The van der Waals surface area contributed by atoms with E-state index < -0.39 is 0 Å². The number of halogens is 1. The molecule has 10 heteroatoms. The van der Waals surface area contributed by atoms with E-state index in [1.807, 2.05) is 78.9 Å². The Kier molecular flexibility index (Phi) is 9.59. The second-order valence-electron chi connectivity index (χ2n) is 7.14. The Morgan fingerprint density at radius 1 is 0.971 bits per heavy atom. The largest absolute Gasteiger partial charge is 0.489 e. The minimum Gasteiger partial charge on any atom is -0.489 e. The van der Waals surface area contributed by atoms with Gasteiger partial charge < -0.3 is 4.74 Å². The van der Waals surface area contributed by atoms with Gasteiger partial charge in [-0.25, -0.2) is 5.43 Å². The van der Waals surface area contributed by atoms with Crippen molar-refractivity contribution in [1.82, 2.24) is 15.6 Å². The van der Waals surface area contributed by atoms with Crippen molar-refractivity contribution in [3.63, 3.8) is 0 Å². The maximum Gasteiger partial charge on any atom is 0.250 e. The molecule has 0 aliphatic carbocycles. The van der Waals surface area contributed by atoms with Crippen molar-refractivity contribution in [2.75, 3.05) is 5.75 Å². The number of amides is 1. The van der Waals surface area contributed by atoms with E-state index in [9.17, 15) is 4.79 Å². The van der Waals surface area contributed by atoms with E-state index in [2.05, 4.69) is 20.7 Å². The molecule has 0 atom stereocenters. The fourth-order valence-electron chi connectivity index (χ4n) is 2.80. The summed E-state index contributed by atoms with van der Waals surface area (Å²) in [6.07, 6.45) is 1.60. The van der Waals surface area contributed by atoms with Gasteiger partial charge in [-0.3, -0.25) is 4.79 Å². The van der Waals surface area contributed by atoms with E-state index in [0.29, 0.717) is 12.4 Å². The highest BCUT2D eigenvalue weighted by atomic mass is 35.5. The average molecular weight is 541 g/mol. The highest BCUT2D eigenvalue weighted by Crippen LogP contribution is 2.32. The van der Waals surface area contributed by atoms with Crippen molar-refractivity contribution in [1.29, 1.82) is 0 Å². The maximum absolute atomic E-state index is 12.1. The lowest BCUT2D eigenvalue weighted by atomic mass is 10.2. The average Bonchev–Trinajstić information content (AvgIpc) is 3.35. The second-order valence-corrected chi connectivity index (χ2v) is 11.0. The van der Waals surface area contributed by atoms with Gasteiger partial charge in [0.1, 0.15) is 12.4 Å². The summed E-state index contributed by atoms with van der Waals surface area (Å²) in [5, 5.41) is 13.1. The highest BCUT2D eigenvalue weighted by Gasteiger charge is 2.09. The zero-order valence-electron chi connectivity index (χ0n) is 18.5. The Morgan fingerprint density at radius 2 is 1.69 bits per heavy atom. The molecule has 0 unspecified atom stereocenters. The number of nitrogens with zero attached hydrogens (tertiary/aromatic N) is 3. The number of nitrogens with one attached hydrogen (secondary N) is 1. The van der Waals surface area contributed by atoms with Crippen LogP contribution in [0.1, 0.15) is 16.7 Å². The van der Waals surface area contributed by atoms with Crippen LogP contribution >= 0.6 is 46.5 Å². The second kappa shape index (κ2) is 13.3. The van der Waals surface area contributed by atoms with Crippen LogP contribution in [0.3, 0.4) is 0 Å². The number of benzene rings is 3. The number of rotatable bonds is 11. The summed E-state index contributed by atoms with van der Waals surface area (Å²) in [5.74, 6) is 1.48. The summed E-state index contributed by atoms with van der Waals surface area (Å²) in [6.45, 7) is 0.512. The molecule has 1 amide bonds. The molecule has 3 aromatic carbocycles. The van der Waals surface area contributed by atoms with Crippen LogP contribution in [0.15, 0.2) is 92.6 Å². The van der Waals surface area contributed by atoms with Crippen LogP contribution in [0.25, 0.3) is 0 Å². The molecule has 6 nitrogen and oxygen atoms in total. The first-order chi connectivity index (χ1) is 17.2. The Labute approximate surface area is 221 Å². The van der Waals surface area contributed by atoms with E-state index in [4.69, 9.17) is 16.3 Å². The van der Waals surface area contributed by atoms with Crippen molar-refractivity contribution in [3.8, 4) is 5.75 Å². The van der Waals surface area contributed by atoms with Crippen LogP contribution in [0, 0.1) is 0 Å². The molecule has 1 aromatic heterocycles. The zero-order valence-corrected chi connectivity index (χ0v) is 21.7. The maximum atomic E-state index is 12.1. The summed E-state index contributed by atoms with van der Waals surface area (Å²) in [6, 6.07) is 25.2. The standard InChI is InChI=1S/C25H21ClN4O2S3/c26-22-9-5-4-8-20(22)16-33-24-29-30-25(35-24)34-17-23(31)28-27-14-18-10-12-21(13-11-18)32-15-19-6-2-1-3-7-19/h1-14H,15-17H2,(H,28,31)/b27-14+. The van der Waals surface area contributed by atoms with Gasteiger partial charge in [0.25, 0.3) is 5.91 Å². The van der Waals surface area contributed by atoms with Crippen LogP contribution in [0.4, 0.5) is 0 Å². The molecule has 35 heavy (non-hydrogen) atoms. The van der Waals surface area contributed by atoms with Crippen molar-refractivity contribution in [2.45, 2.75) is 21.0 Å². The monoisotopic (exact) mass is 540 g/mol. The molecule has 0 bridgehead atoms. The third-order valence-corrected chi connectivity index (χ3v) is 8.16. The van der Waals surface area contributed by atoms with Gasteiger partial charge in [-0.05, 0) is 47.0 Å². The molecule has 0 aliphatic rings. The van der Waals surface area contributed by atoms with Gasteiger partial charge in [0.05, 0.1) is 12.0 Å². The smallest absolute Gasteiger partial charge is 0.250 e. The SMILES string of the molecule is O=C(CSc1nnc(SCc2ccccc2Cl)s1)N/N=C/c1ccc(OCc2ccccc2)cc1. The van der Waals surface area contributed by atoms with Gasteiger partial charge >= 0.3 is 0 Å². The quantitative estimate of drug-likeness (QED) is 0.136. The lowest BCUT2D eigenvalue weighted by molar-refractivity contribution is -0.118. The Hall–Kier alpha value is -2.85. The summed E-state index contributed by atoms with van der Waals surface area (Å²) in [5.41, 5.74) is 5.55. The number of hydrogen-bond acceptors (Lipinski definition) is 8. The number of hydrazone groups is 1. The minimum absolute atomic E-state index is 0.202. The minimum atomic E-state index is -0.213. The van der Waals surface area contributed by atoms with Crippen LogP contribution in [0.5, 0.6) is 5.75 Å². The summed E-state index contributed by atoms with van der Waals surface area (Å²) in [7, 11) is 0. The van der Waals surface area contributed by atoms with Crippen LogP contribution in [0.2, 0.25) is 5.02 Å². The van der Waals surface area contributed by atoms with E-state index in [1.165, 1.54) is 23.1 Å². The lowest BCUT2D eigenvalue weighted by Gasteiger charge is -2.06. The molecule has 178 valence electrons. The fourth-order valence-corrected chi connectivity index (χ4v) is 5.90. The molecule has 0 fully saturated rings. The molecule has 1 N–H and O–H groups in total. The Morgan fingerprint density at radius 3 is 2.46 bits per heavy atom. The van der Waals surface area contributed by atoms with Gasteiger partial charge in [0.15, 0.2) is 8.68 Å². The van der Waals surface area contributed by atoms with Gasteiger partial charge in [0.2, 0.25) is 0 Å². The topological polar surface area (TPSA) is 76.5 Å². The first kappa shape index (κ1) is 25.2. The number of aromatic nitrogens is 2. The van der Waals surface area contributed by atoms with Gasteiger partial charge in [-0.1, -0.05) is 95.0 Å². The summed E-state index contributed by atoms with van der Waals surface area (Å²) < 4.78 is 7.34. The molecule has 0 spiro atoms. The first-order valence-electron chi connectivity index (χ1n) is 10.6. The molecular weight excluding hydrogens is 520 g/mol. The van der Waals surface area contributed by atoms with Gasteiger partial charge in [0, 0.05) is 10.8 Å². The number of carbonyl (C=O) groups is 1. The summed E-state index contributed by atoms with van der Waals surface area (Å²) in [4.78, 5) is 12.1. The van der Waals surface area contributed by atoms with Crippen molar-refractivity contribution >= 4 is 58.6 Å². The Bertz CT molecular complexity index is 1270. The van der Waals surface area contributed by atoms with E-state index in [1.54, 1.807) is 18.0 Å². The molecule has 0 saturated carbocycles. The van der Waals surface area contributed by atoms with Crippen LogP contribution in [-0.2, 0) is 17.2 Å². The van der Waals surface area contributed by atoms with Crippen molar-refractivity contribution in [3.05, 3.63) is 101 Å². The third-order valence-electron chi connectivity index (χ3n) is 4.55. The normalized spacial score (nSPS) is 11.0. The lowest BCUT2D eigenvalue weighted by Crippen LogP contribution is -2.19. The van der Waals surface area contributed by atoms with Crippen LogP contribution in [-0.4, -0.2) is 28.1 Å². The summed E-state index contributed by atoms with van der Waals surface area (Å²) >= 11 is 10.5. The van der Waals surface area contributed by atoms with Crippen molar-refractivity contribution < 1.29 is 9.53 Å². The number of thioether (sulfide) groups is 2. The molecule has 1 heterocycles. The fraction of sp³-hybridized carbons (Fsp3) is 0.120. The molecule has 0 saturated heterocycles. The predicted octanol–water partition coefficient (Wildman–Crippen LogP) is 6.31. The highest BCUT2D eigenvalue weighted by molar-refractivity contribution is 8.03. The van der Waals surface area contributed by atoms with E-state index >= 15 is 0 Å². The van der Waals surface area contributed by atoms with E-state index in [0.717, 1.165) is 36.1 Å². The zero-order chi connectivity index (χ0) is 24.3. The van der Waals surface area contributed by atoms with E-state index in [-0.39, 0.29) is 11.7 Å². The first-order valence-corrected chi connectivity index (χ1v) is 13.7. The number of hydrogen-bond donors (Lipinski definition) is 1. The Balaban J connectivity index is 1.16.